The van der Waals surface area contributed by atoms with Gasteiger partial charge in [0.15, 0.2) is 0 Å². The quantitative estimate of drug-likeness (QED) is 0.528. The highest BCUT2D eigenvalue weighted by Gasteiger charge is 2.25. The normalized spacial score (nSPS) is 27.7. The second-order valence-corrected chi connectivity index (χ2v) is 3.49. The summed E-state index contributed by atoms with van der Waals surface area (Å²) in [6.45, 7) is 0.510. The molecule has 4 nitrogen and oxygen atoms in total. The fourth-order valence-electron chi connectivity index (χ4n) is 1.76. The van der Waals surface area contributed by atoms with Crippen LogP contribution in [0.2, 0.25) is 0 Å². The summed E-state index contributed by atoms with van der Waals surface area (Å²) in [6.07, 6.45) is 4.67. The Morgan fingerprint density at radius 1 is 1.38 bits per heavy atom. The first-order valence-corrected chi connectivity index (χ1v) is 4.50. The van der Waals surface area contributed by atoms with Crippen LogP contribution >= 0.6 is 0 Å². The average Bonchev–Trinajstić information content (AvgIpc) is 2.15. The third kappa shape index (κ3) is 2.99. The average molecular weight is 183 g/mol. The Labute approximate surface area is 76.7 Å². The fourth-order valence-corrected chi connectivity index (χ4v) is 1.76. The number of hydrogen-bond acceptors (Lipinski definition) is 3. The number of carbonyl (C=O) groups excluding carboxylic acids is 1. The van der Waals surface area contributed by atoms with Gasteiger partial charge in [-0.25, -0.2) is 9.79 Å². The molecule has 0 aromatic rings. The molecule has 0 atom stereocenters. The van der Waals surface area contributed by atoms with Gasteiger partial charge in [-0.2, -0.15) is 0 Å². The third-order valence-electron chi connectivity index (χ3n) is 2.61. The van der Waals surface area contributed by atoms with Gasteiger partial charge in [0.25, 0.3) is 0 Å². The molecule has 13 heavy (non-hydrogen) atoms. The van der Waals surface area contributed by atoms with Crippen molar-refractivity contribution >= 4 is 12.0 Å². The standard InChI is InChI=1S/C9H13NO3/c11-6-10-5-7-1-3-8(4-2-7)9(12)13/h7-8H,1-5H2,(H,12,13). The van der Waals surface area contributed by atoms with Crippen molar-refractivity contribution in [1.29, 1.82) is 0 Å². The lowest BCUT2D eigenvalue weighted by molar-refractivity contribution is -0.143. The van der Waals surface area contributed by atoms with Crippen molar-refractivity contribution in [3.8, 4) is 0 Å². The smallest absolute Gasteiger partial charge is 0.306 e. The zero-order valence-corrected chi connectivity index (χ0v) is 7.40. The Morgan fingerprint density at radius 2 is 2.00 bits per heavy atom. The minimum Gasteiger partial charge on any atom is -0.481 e. The molecule has 1 fully saturated rings. The highest BCUT2D eigenvalue weighted by molar-refractivity contribution is 5.69. The predicted octanol–water partition coefficient (Wildman–Crippen LogP) is 1.21. The van der Waals surface area contributed by atoms with Crippen molar-refractivity contribution < 1.29 is 14.7 Å². The first-order valence-electron chi connectivity index (χ1n) is 4.50. The molecule has 1 aliphatic rings. The van der Waals surface area contributed by atoms with Crippen LogP contribution in [0.4, 0.5) is 0 Å². The SMILES string of the molecule is O=C=NCC1CCC(C(=O)O)CC1. The Hall–Kier alpha value is -1.15. The van der Waals surface area contributed by atoms with Gasteiger partial charge >= 0.3 is 5.97 Å². The van der Waals surface area contributed by atoms with Gasteiger partial charge in [0.1, 0.15) is 0 Å². The molecule has 1 N–H and O–H groups in total. The van der Waals surface area contributed by atoms with Gasteiger partial charge in [-0.05, 0) is 31.6 Å². The molecular formula is C9H13NO3. The number of carboxylic acid groups (broad SMARTS) is 1. The summed E-state index contributed by atoms with van der Waals surface area (Å²) < 4.78 is 0. The van der Waals surface area contributed by atoms with E-state index in [1.165, 1.54) is 6.08 Å². The van der Waals surface area contributed by atoms with Crippen molar-refractivity contribution in [1.82, 2.24) is 0 Å². The Bertz CT molecular complexity index is 225. The van der Waals surface area contributed by atoms with E-state index >= 15 is 0 Å². The van der Waals surface area contributed by atoms with E-state index < -0.39 is 5.97 Å². The molecule has 0 radical (unpaired) electrons. The van der Waals surface area contributed by atoms with Crippen LogP contribution in [0.5, 0.6) is 0 Å². The number of nitrogens with zero attached hydrogens (tertiary/aromatic N) is 1. The summed E-state index contributed by atoms with van der Waals surface area (Å²) in [7, 11) is 0. The maximum atomic E-state index is 10.6. The Morgan fingerprint density at radius 3 is 2.46 bits per heavy atom. The van der Waals surface area contributed by atoms with E-state index in [-0.39, 0.29) is 5.92 Å². The van der Waals surface area contributed by atoms with Crippen LogP contribution in [-0.4, -0.2) is 23.7 Å². The van der Waals surface area contributed by atoms with Crippen LogP contribution in [0.25, 0.3) is 0 Å². The molecule has 0 unspecified atom stereocenters. The van der Waals surface area contributed by atoms with E-state index in [0.717, 1.165) is 12.8 Å². The molecule has 0 aromatic carbocycles. The summed E-state index contributed by atoms with van der Waals surface area (Å²) in [6, 6.07) is 0. The minimum atomic E-state index is -0.697. The summed E-state index contributed by atoms with van der Waals surface area (Å²) >= 11 is 0. The number of hydrogen-bond donors (Lipinski definition) is 1. The van der Waals surface area contributed by atoms with E-state index in [1.54, 1.807) is 0 Å². The van der Waals surface area contributed by atoms with Gasteiger partial charge in [0, 0.05) is 0 Å². The van der Waals surface area contributed by atoms with E-state index in [4.69, 9.17) is 5.11 Å². The topological polar surface area (TPSA) is 66.7 Å². The lowest BCUT2D eigenvalue weighted by Gasteiger charge is -2.24. The number of aliphatic imine (C=N–C) groups is 1. The van der Waals surface area contributed by atoms with Crippen LogP contribution in [0.1, 0.15) is 25.7 Å². The van der Waals surface area contributed by atoms with Gasteiger partial charge in [0.05, 0.1) is 12.5 Å². The molecule has 0 aliphatic heterocycles. The van der Waals surface area contributed by atoms with Crippen LogP contribution < -0.4 is 0 Å². The molecule has 0 saturated heterocycles. The van der Waals surface area contributed by atoms with E-state index in [0.29, 0.717) is 25.3 Å². The summed E-state index contributed by atoms with van der Waals surface area (Å²) in [5.41, 5.74) is 0. The van der Waals surface area contributed by atoms with Crippen LogP contribution in [-0.2, 0) is 9.59 Å². The minimum absolute atomic E-state index is 0.184. The third-order valence-corrected chi connectivity index (χ3v) is 2.61. The van der Waals surface area contributed by atoms with Gasteiger partial charge in [-0.15, -0.1) is 0 Å². The molecule has 1 aliphatic carbocycles. The lowest BCUT2D eigenvalue weighted by atomic mass is 9.82. The molecule has 0 spiro atoms. The number of carbonyl (C=O) groups is 1. The van der Waals surface area contributed by atoms with Crippen LogP contribution in [0, 0.1) is 11.8 Å². The number of isocyanates is 1. The Kier molecular flexibility index (Phi) is 3.65. The molecule has 4 heteroatoms. The van der Waals surface area contributed by atoms with Gasteiger partial charge in [-0.1, -0.05) is 0 Å². The van der Waals surface area contributed by atoms with E-state index in [9.17, 15) is 9.59 Å². The molecule has 1 saturated carbocycles. The van der Waals surface area contributed by atoms with E-state index in [2.05, 4.69) is 4.99 Å². The Balaban J connectivity index is 2.30. The lowest BCUT2D eigenvalue weighted by Crippen LogP contribution is -2.22. The maximum absolute atomic E-state index is 10.6. The monoisotopic (exact) mass is 183 g/mol. The molecule has 0 amide bonds. The van der Waals surface area contributed by atoms with E-state index in [1.807, 2.05) is 0 Å². The number of aliphatic carboxylic acids is 1. The van der Waals surface area contributed by atoms with Crippen molar-refractivity contribution in [3.05, 3.63) is 0 Å². The molecule has 0 bridgehead atoms. The first-order chi connectivity index (χ1) is 6.24. The van der Waals surface area contributed by atoms with Gasteiger partial charge in [-0.3, -0.25) is 4.79 Å². The van der Waals surface area contributed by atoms with Crippen molar-refractivity contribution in [2.24, 2.45) is 16.8 Å². The summed E-state index contributed by atoms with van der Waals surface area (Å²) in [5.74, 6) is -0.495. The molecule has 1 rings (SSSR count). The maximum Gasteiger partial charge on any atom is 0.306 e. The second-order valence-electron chi connectivity index (χ2n) is 3.49. The number of rotatable bonds is 3. The largest absolute Gasteiger partial charge is 0.481 e. The predicted molar refractivity (Wildman–Crippen MR) is 46.1 cm³/mol. The zero-order valence-electron chi connectivity index (χ0n) is 7.40. The van der Waals surface area contributed by atoms with Crippen molar-refractivity contribution in [2.75, 3.05) is 6.54 Å². The van der Waals surface area contributed by atoms with Crippen molar-refractivity contribution in [3.63, 3.8) is 0 Å². The fraction of sp³-hybridized carbons (Fsp3) is 0.778. The van der Waals surface area contributed by atoms with Crippen molar-refractivity contribution in [2.45, 2.75) is 25.7 Å². The molecule has 0 heterocycles. The molecule has 0 aromatic heterocycles. The summed E-state index contributed by atoms with van der Waals surface area (Å²) in [4.78, 5) is 23.9. The summed E-state index contributed by atoms with van der Waals surface area (Å²) in [5, 5.41) is 8.71. The number of carboxylic acids is 1. The van der Waals surface area contributed by atoms with Crippen LogP contribution in [0.3, 0.4) is 0 Å². The highest BCUT2D eigenvalue weighted by Crippen LogP contribution is 2.28. The van der Waals surface area contributed by atoms with Gasteiger partial charge < -0.3 is 5.11 Å². The zero-order chi connectivity index (χ0) is 9.68. The first kappa shape index (κ1) is 9.93. The second kappa shape index (κ2) is 4.77. The van der Waals surface area contributed by atoms with Gasteiger partial charge in [0.2, 0.25) is 6.08 Å². The molecular weight excluding hydrogens is 170 g/mol. The molecule has 72 valence electrons. The highest BCUT2D eigenvalue weighted by atomic mass is 16.4. The van der Waals surface area contributed by atoms with Crippen LogP contribution in [0.15, 0.2) is 4.99 Å².